The summed E-state index contributed by atoms with van der Waals surface area (Å²) in [6.45, 7) is 10.2. The number of hydrogen-bond donors (Lipinski definition) is 2. The minimum absolute atomic E-state index is 0. The highest BCUT2D eigenvalue weighted by Gasteiger charge is 2.18. The number of carbonyl (C=O) groups excluding carboxylic acids is 2. The molecule has 0 heterocycles. The zero-order valence-electron chi connectivity index (χ0n) is 16.5. The maximum atomic E-state index is 12.7. The summed E-state index contributed by atoms with van der Waals surface area (Å²) < 4.78 is 0. The van der Waals surface area contributed by atoms with Crippen LogP contribution in [0.15, 0.2) is 24.3 Å². The molecule has 0 saturated heterocycles. The molecule has 0 aliphatic carbocycles. The van der Waals surface area contributed by atoms with Gasteiger partial charge in [0, 0.05) is 36.8 Å². The summed E-state index contributed by atoms with van der Waals surface area (Å²) in [5.74, 6) is 0.262. The van der Waals surface area contributed by atoms with Gasteiger partial charge in [-0.3, -0.25) is 9.59 Å². The van der Waals surface area contributed by atoms with Crippen LogP contribution in [-0.4, -0.2) is 42.4 Å². The molecule has 0 bridgehead atoms. The van der Waals surface area contributed by atoms with E-state index in [2.05, 4.69) is 33.0 Å². The lowest BCUT2D eigenvalue weighted by molar-refractivity contribution is 0.0755. The zero-order valence-corrected chi connectivity index (χ0v) is 17.3. The van der Waals surface area contributed by atoms with Crippen LogP contribution in [0.1, 0.15) is 67.7 Å². The number of nitrogens with two attached hydrogens (primary N) is 1. The molecule has 0 spiro atoms. The third-order valence-corrected chi connectivity index (χ3v) is 4.02. The molecule has 3 N–H and O–H groups in total. The van der Waals surface area contributed by atoms with E-state index < -0.39 is 0 Å². The molecule has 6 heteroatoms. The van der Waals surface area contributed by atoms with Gasteiger partial charge in [-0.05, 0) is 43.4 Å². The van der Waals surface area contributed by atoms with Crippen molar-refractivity contribution in [1.29, 1.82) is 0 Å². The lowest BCUT2D eigenvalue weighted by Gasteiger charge is -2.22. The highest BCUT2D eigenvalue weighted by atomic mass is 35.5. The van der Waals surface area contributed by atoms with Crippen molar-refractivity contribution in [2.45, 2.75) is 53.0 Å². The molecule has 0 radical (unpaired) electrons. The number of carbonyl (C=O) groups is 2. The molecule has 0 aliphatic heterocycles. The van der Waals surface area contributed by atoms with Crippen LogP contribution >= 0.6 is 12.4 Å². The fourth-order valence-electron chi connectivity index (χ4n) is 2.88. The van der Waals surface area contributed by atoms with Crippen molar-refractivity contribution >= 4 is 24.2 Å². The Labute approximate surface area is 164 Å². The van der Waals surface area contributed by atoms with Gasteiger partial charge in [0.1, 0.15) is 0 Å². The van der Waals surface area contributed by atoms with Crippen LogP contribution in [0.5, 0.6) is 0 Å². The average Bonchev–Trinajstić information content (AvgIpc) is 2.60. The Morgan fingerprint density at radius 3 is 2.19 bits per heavy atom. The van der Waals surface area contributed by atoms with Crippen LogP contribution in [0.3, 0.4) is 0 Å². The SMILES string of the molecule is CCCN(CCC)C(=O)c1cccc(C(=O)NC(CN)CC(C)C)c1.Cl. The number of halogens is 1. The molecule has 1 rings (SSSR count). The zero-order chi connectivity index (χ0) is 18.8. The Morgan fingerprint density at radius 1 is 1.12 bits per heavy atom. The van der Waals surface area contributed by atoms with Crippen molar-refractivity contribution in [3.8, 4) is 0 Å². The molecular weight excluding hydrogens is 350 g/mol. The minimum atomic E-state index is -0.178. The van der Waals surface area contributed by atoms with Crippen molar-refractivity contribution in [2.75, 3.05) is 19.6 Å². The van der Waals surface area contributed by atoms with Crippen molar-refractivity contribution in [3.63, 3.8) is 0 Å². The normalized spacial score (nSPS) is 11.6. The first-order chi connectivity index (χ1) is 11.9. The van der Waals surface area contributed by atoms with E-state index in [1.165, 1.54) is 0 Å². The maximum Gasteiger partial charge on any atom is 0.253 e. The Hall–Kier alpha value is -1.59. The van der Waals surface area contributed by atoms with Gasteiger partial charge < -0.3 is 16.0 Å². The molecule has 26 heavy (non-hydrogen) atoms. The lowest BCUT2D eigenvalue weighted by atomic mass is 10.0. The van der Waals surface area contributed by atoms with Crippen LogP contribution in [0, 0.1) is 5.92 Å². The Morgan fingerprint density at radius 2 is 1.69 bits per heavy atom. The molecule has 0 aromatic heterocycles. The quantitative estimate of drug-likeness (QED) is 0.649. The standard InChI is InChI=1S/C20H33N3O2.ClH/c1-5-10-23(11-6-2)20(25)17-9-7-8-16(13-17)19(24)22-18(14-21)12-15(3)4;/h7-9,13,15,18H,5-6,10-12,14,21H2,1-4H3,(H,22,24);1H. The molecule has 0 saturated carbocycles. The number of amides is 2. The topological polar surface area (TPSA) is 75.4 Å². The molecular formula is C20H34ClN3O2. The van der Waals surface area contributed by atoms with Gasteiger partial charge >= 0.3 is 0 Å². The summed E-state index contributed by atoms with van der Waals surface area (Å²) in [6, 6.07) is 6.89. The fraction of sp³-hybridized carbons (Fsp3) is 0.600. The van der Waals surface area contributed by atoms with E-state index in [-0.39, 0.29) is 30.3 Å². The van der Waals surface area contributed by atoms with Crippen molar-refractivity contribution < 1.29 is 9.59 Å². The van der Waals surface area contributed by atoms with E-state index in [1.807, 2.05) is 4.90 Å². The first kappa shape index (κ1) is 24.4. The second-order valence-corrected chi connectivity index (χ2v) is 6.91. The van der Waals surface area contributed by atoms with Gasteiger partial charge in [-0.1, -0.05) is 33.8 Å². The van der Waals surface area contributed by atoms with Gasteiger partial charge in [-0.2, -0.15) is 0 Å². The van der Waals surface area contributed by atoms with Crippen molar-refractivity contribution in [2.24, 2.45) is 11.7 Å². The maximum absolute atomic E-state index is 12.7. The van der Waals surface area contributed by atoms with E-state index in [0.29, 0.717) is 23.6 Å². The number of nitrogens with zero attached hydrogens (tertiary/aromatic N) is 1. The van der Waals surface area contributed by atoms with Gasteiger partial charge in [-0.25, -0.2) is 0 Å². The van der Waals surface area contributed by atoms with E-state index in [4.69, 9.17) is 5.73 Å². The molecule has 1 aromatic rings. The van der Waals surface area contributed by atoms with Gasteiger partial charge in [0.25, 0.3) is 11.8 Å². The Balaban J connectivity index is 0.00000625. The average molecular weight is 384 g/mol. The van der Waals surface area contributed by atoms with Crippen LogP contribution in [0.4, 0.5) is 0 Å². The van der Waals surface area contributed by atoms with E-state index >= 15 is 0 Å². The number of rotatable bonds is 10. The summed E-state index contributed by atoms with van der Waals surface area (Å²) >= 11 is 0. The first-order valence-corrected chi connectivity index (χ1v) is 9.33. The van der Waals surface area contributed by atoms with Crippen molar-refractivity contribution in [1.82, 2.24) is 10.2 Å². The van der Waals surface area contributed by atoms with Crippen LogP contribution in [0.25, 0.3) is 0 Å². The smallest absolute Gasteiger partial charge is 0.253 e. The fourth-order valence-corrected chi connectivity index (χ4v) is 2.88. The highest BCUT2D eigenvalue weighted by Crippen LogP contribution is 2.11. The molecule has 5 nitrogen and oxygen atoms in total. The summed E-state index contributed by atoms with van der Waals surface area (Å²) in [5.41, 5.74) is 6.82. The molecule has 0 aliphatic rings. The second-order valence-electron chi connectivity index (χ2n) is 6.91. The second kappa shape index (κ2) is 12.7. The molecule has 1 atom stereocenters. The highest BCUT2D eigenvalue weighted by molar-refractivity contribution is 5.99. The summed E-state index contributed by atoms with van der Waals surface area (Å²) in [4.78, 5) is 27.0. The van der Waals surface area contributed by atoms with Gasteiger partial charge in [0.2, 0.25) is 0 Å². The predicted octanol–water partition coefficient (Wildman–Crippen LogP) is 3.47. The molecule has 2 amide bonds. The minimum Gasteiger partial charge on any atom is -0.348 e. The third-order valence-electron chi connectivity index (χ3n) is 4.02. The predicted molar refractivity (Wildman–Crippen MR) is 110 cm³/mol. The number of hydrogen-bond acceptors (Lipinski definition) is 3. The first-order valence-electron chi connectivity index (χ1n) is 9.33. The van der Waals surface area contributed by atoms with Crippen LogP contribution in [-0.2, 0) is 0 Å². The lowest BCUT2D eigenvalue weighted by Crippen LogP contribution is -2.41. The van der Waals surface area contributed by atoms with Gasteiger partial charge in [0.05, 0.1) is 0 Å². The van der Waals surface area contributed by atoms with Crippen molar-refractivity contribution in [3.05, 3.63) is 35.4 Å². The molecule has 1 unspecified atom stereocenters. The number of nitrogens with one attached hydrogen (secondary N) is 1. The summed E-state index contributed by atoms with van der Waals surface area (Å²) in [7, 11) is 0. The number of benzene rings is 1. The van der Waals surface area contributed by atoms with Gasteiger partial charge in [-0.15, -0.1) is 12.4 Å². The third kappa shape index (κ3) is 7.75. The summed E-state index contributed by atoms with van der Waals surface area (Å²) in [6.07, 6.45) is 2.67. The largest absolute Gasteiger partial charge is 0.348 e. The Bertz CT molecular complexity index is 558. The monoisotopic (exact) mass is 383 g/mol. The van der Waals surface area contributed by atoms with Crippen LogP contribution < -0.4 is 11.1 Å². The molecule has 148 valence electrons. The molecule has 1 aromatic carbocycles. The van der Waals surface area contributed by atoms with E-state index in [1.54, 1.807) is 24.3 Å². The van der Waals surface area contributed by atoms with Gasteiger partial charge in [0.15, 0.2) is 0 Å². The van der Waals surface area contributed by atoms with E-state index in [0.717, 1.165) is 32.4 Å². The van der Waals surface area contributed by atoms with E-state index in [9.17, 15) is 9.59 Å². The molecule has 0 fully saturated rings. The Kier molecular flexibility index (Phi) is 11.9. The van der Waals surface area contributed by atoms with Crippen LogP contribution in [0.2, 0.25) is 0 Å². The summed E-state index contributed by atoms with van der Waals surface area (Å²) in [5, 5.41) is 2.97.